The van der Waals surface area contributed by atoms with E-state index in [0.29, 0.717) is 35.4 Å². The molecular weight excluding hydrogens is 506 g/mol. The summed E-state index contributed by atoms with van der Waals surface area (Å²) in [4.78, 5) is 21.6. The Morgan fingerprint density at radius 1 is 1.12 bits per heavy atom. The Labute approximate surface area is 231 Å². The molecule has 11 heteroatoms. The number of primary amides is 1. The second kappa shape index (κ2) is 9.91. The minimum absolute atomic E-state index is 0.110. The van der Waals surface area contributed by atoms with Crippen LogP contribution in [0.1, 0.15) is 67.9 Å². The Balaban J connectivity index is 1.47. The van der Waals surface area contributed by atoms with Crippen molar-refractivity contribution in [2.45, 2.75) is 57.6 Å². The number of anilines is 1. The highest BCUT2D eigenvalue weighted by Gasteiger charge is 2.30. The molecule has 0 unspecified atom stereocenters. The quantitative estimate of drug-likeness (QED) is 0.262. The molecule has 206 valence electrons. The topological polar surface area (TPSA) is 142 Å². The van der Waals surface area contributed by atoms with Gasteiger partial charge in [-0.3, -0.25) is 9.48 Å². The van der Waals surface area contributed by atoms with Gasteiger partial charge in [-0.25, -0.2) is 14.6 Å². The number of nitrogens with zero attached hydrogens (tertiary/aromatic N) is 7. The molecule has 6 rings (SSSR count). The van der Waals surface area contributed by atoms with E-state index in [9.17, 15) is 9.90 Å². The van der Waals surface area contributed by atoms with Crippen LogP contribution < -0.4 is 11.1 Å². The van der Waals surface area contributed by atoms with Gasteiger partial charge in [0.05, 0.1) is 51.9 Å². The highest BCUT2D eigenvalue weighted by molar-refractivity contribution is 5.99. The normalized spacial score (nSPS) is 15.1. The average molecular weight is 540 g/mol. The number of aliphatic hydroxyl groups is 1. The van der Waals surface area contributed by atoms with Gasteiger partial charge in [-0.2, -0.15) is 10.2 Å². The van der Waals surface area contributed by atoms with Crippen molar-refractivity contribution in [3.05, 3.63) is 66.6 Å². The lowest BCUT2D eigenvalue weighted by molar-refractivity contribution is 0.0316. The SMILES string of the molecule is CC(C)c1nn(-c2ccc(C(N)=O)c(NC3(O)CCCCC3)c2)c2nccc(-n3cnc(-c4cnn(C)c4)c3)c12. The average Bonchev–Trinajstić information content (AvgIpc) is 3.67. The summed E-state index contributed by atoms with van der Waals surface area (Å²) in [6.07, 6.45) is 13.4. The fourth-order valence-corrected chi connectivity index (χ4v) is 5.50. The van der Waals surface area contributed by atoms with E-state index in [1.807, 2.05) is 36.1 Å². The summed E-state index contributed by atoms with van der Waals surface area (Å²) in [7, 11) is 1.88. The first kappa shape index (κ1) is 25.8. The lowest BCUT2D eigenvalue weighted by Crippen LogP contribution is -2.40. The third-order valence-electron chi connectivity index (χ3n) is 7.54. The Bertz CT molecular complexity index is 1710. The van der Waals surface area contributed by atoms with E-state index in [0.717, 1.165) is 47.3 Å². The summed E-state index contributed by atoms with van der Waals surface area (Å²) in [6.45, 7) is 4.19. The molecular formula is C29H33N9O2. The van der Waals surface area contributed by atoms with Gasteiger partial charge in [0.1, 0.15) is 5.72 Å². The van der Waals surface area contributed by atoms with Crippen LogP contribution in [0.15, 0.2) is 55.4 Å². The number of amides is 1. The first-order valence-corrected chi connectivity index (χ1v) is 13.6. The molecule has 0 aliphatic heterocycles. The summed E-state index contributed by atoms with van der Waals surface area (Å²) >= 11 is 0. The number of benzene rings is 1. The number of nitrogens with one attached hydrogen (secondary N) is 1. The van der Waals surface area contributed by atoms with Gasteiger partial charge in [-0.1, -0.05) is 20.3 Å². The fourth-order valence-electron chi connectivity index (χ4n) is 5.50. The van der Waals surface area contributed by atoms with E-state index in [-0.39, 0.29) is 5.92 Å². The lowest BCUT2D eigenvalue weighted by Gasteiger charge is -2.34. The minimum Gasteiger partial charge on any atom is -0.371 e. The molecule has 0 atom stereocenters. The van der Waals surface area contributed by atoms with Gasteiger partial charge in [0.2, 0.25) is 0 Å². The molecule has 0 saturated heterocycles. The number of aromatic nitrogens is 7. The van der Waals surface area contributed by atoms with Crippen molar-refractivity contribution in [1.82, 2.24) is 34.1 Å². The zero-order valence-electron chi connectivity index (χ0n) is 22.9. The van der Waals surface area contributed by atoms with Gasteiger partial charge in [-0.15, -0.1) is 0 Å². The van der Waals surface area contributed by atoms with Crippen molar-refractivity contribution in [3.63, 3.8) is 0 Å². The van der Waals surface area contributed by atoms with E-state index >= 15 is 0 Å². The van der Waals surface area contributed by atoms with Crippen LogP contribution in [0.25, 0.3) is 33.7 Å². The molecule has 4 heterocycles. The molecule has 1 aliphatic carbocycles. The van der Waals surface area contributed by atoms with Crippen molar-refractivity contribution in [3.8, 4) is 22.6 Å². The number of hydrogen-bond acceptors (Lipinski definition) is 7. The predicted molar refractivity (Wildman–Crippen MR) is 152 cm³/mol. The van der Waals surface area contributed by atoms with Gasteiger partial charge in [0, 0.05) is 31.2 Å². The van der Waals surface area contributed by atoms with Crippen LogP contribution in [0.5, 0.6) is 0 Å². The zero-order valence-corrected chi connectivity index (χ0v) is 22.9. The number of pyridine rings is 1. The molecule has 0 spiro atoms. The number of hydrogen-bond donors (Lipinski definition) is 3. The Morgan fingerprint density at radius 2 is 1.93 bits per heavy atom. The van der Waals surface area contributed by atoms with Crippen LogP contribution in [0.4, 0.5) is 5.69 Å². The molecule has 4 aromatic heterocycles. The molecule has 5 aromatic rings. The van der Waals surface area contributed by atoms with E-state index < -0.39 is 11.6 Å². The molecule has 1 aliphatic rings. The van der Waals surface area contributed by atoms with Crippen LogP contribution >= 0.6 is 0 Å². The van der Waals surface area contributed by atoms with Crippen molar-refractivity contribution in [2.24, 2.45) is 12.8 Å². The summed E-state index contributed by atoms with van der Waals surface area (Å²) < 4.78 is 5.51. The summed E-state index contributed by atoms with van der Waals surface area (Å²) in [5.74, 6) is -0.454. The third kappa shape index (κ3) is 4.62. The van der Waals surface area contributed by atoms with Crippen LogP contribution in [0.3, 0.4) is 0 Å². The van der Waals surface area contributed by atoms with Crippen molar-refractivity contribution in [1.29, 1.82) is 0 Å². The number of nitrogens with two attached hydrogens (primary N) is 1. The molecule has 1 aromatic carbocycles. The van der Waals surface area contributed by atoms with Crippen LogP contribution in [0.2, 0.25) is 0 Å². The Kier molecular flexibility index (Phi) is 6.38. The monoisotopic (exact) mass is 539 g/mol. The Morgan fingerprint density at radius 3 is 2.62 bits per heavy atom. The number of carbonyl (C=O) groups is 1. The number of aryl methyl sites for hydroxylation is 1. The highest BCUT2D eigenvalue weighted by Crippen LogP contribution is 2.34. The fraction of sp³-hybridized carbons (Fsp3) is 0.345. The molecule has 11 nitrogen and oxygen atoms in total. The molecule has 1 saturated carbocycles. The van der Waals surface area contributed by atoms with Crippen LogP contribution in [-0.4, -0.2) is 50.8 Å². The van der Waals surface area contributed by atoms with Gasteiger partial charge in [0.15, 0.2) is 5.65 Å². The van der Waals surface area contributed by atoms with Crippen LogP contribution in [0, 0.1) is 0 Å². The van der Waals surface area contributed by atoms with Gasteiger partial charge < -0.3 is 20.7 Å². The van der Waals surface area contributed by atoms with E-state index in [2.05, 4.69) is 29.2 Å². The summed E-state index contributed by atoms with van der Waals surface area (Å²) in [5, 5.41) is 24.6. The second-order valence-corrected chi connectivity index (χ2v) is 10.9. The lowest BCUT2D eigenvalue weighted by atomic mass is 9.91. The molecule has 1 amide bonds. The Hall–Kier alpha value is -4.51. The first-order valence-electron chi connectivity index (χ1n) is 13.6. The predicted octanol–water partition coefficient (Wildman–Crippen LogP) is 4.29. The number of fused-ring (bicyclic) bond motifs is 1. The summed E-state index contributed by atoms with van der Waals surface area (Å²) in [5.41, 5.74) is 10.3. The maximum absolute atomic E-state index is 12.3. The van der Waals surface area contributed by atoms with Gasteiger partial charge >= 0.3 is 0 Å². The molecule has 4 N–H and O–H groups in total. The van der Waals surface area contributed by atoms with Gasteiger partial charge in [0.25, 0.3) is 5.91 Å². The molecule has 0 bridgehead atoms. The van der Waals surface area contributed by atoms with Gasteiger partial charge in [-0.05, 0) is 55.9 Å². The maximum atomic E-state index is 12.3. The summed E-state index contributed by atoms with van der Waals surface area (Å²) in [6, 6.07) is 7.25. The second-order valence-electron chi connectivity index (χ2n) is 10.9. The maximum Gasteiger partial charge on any atom is 0.250 e. The third-order valence-corrected chi connectivity index (χ3v) is 7.54. The minimum atomic E-state index is -1.09. The number of carbonyl (C=O) groups excluding carboxylic acids is 1. The van der Waals surface area contributed by atoms with Crippen molar-refractivity contribution in [2.75, 3.05) is 5.32 Å². The molecule has 0 radical (unpaired) electrons. The smallest absolute Gasteiger partial charge is 0.250 e. The molecule has 1 fully saturated rings. The largest absolute Gasteiger partial charge is 0.371 e. The van der Waals surface area contributed by atoms with E-state index in [1.165, 1.54) is 0 Å². The number of rotatable bonds is 7. The molecule has 40 heavy (non-hydrogen) atoms. The van der Waals surface area contributed by atoms with E-state index in [1.54, 1.807) is 40.2 Å². The number of imidazole rings is 1. The van der Waals surface area contributed by atoms with Crippen molar-refractivity contribution < 1.29 is 9.90 Å². The zero-order chi connectivity index (χ0) is 28.0. The van der Waals surface area contributed by atoms with E-state index in [4.69, 9.17) is 15.8 Å². The standard InChI is InChI=1S/C29H33N9O2/c1-18(2)26-25-24(37-16-23(32-17-37)19-14-33-36(3)15-19)9-12-31-28(25)38(35-26)20-7-8-21(27(30)39)22(13-20)34-29(40)10-5-4-6-11-29/h7-9,12-18,34,40H,4-6,10-11H2,1-3H3,(H2,30,39). The highest BCUT2D eigenvalue weighted by atomic mass is 16.3. The first-order chi connectivity index (χ1) is 19.2. The van der Waals surface area contributed by atoms with Crippen LogP contribution in [-0.2, 0) is 7.05 Å². The van der Waals surface area contributed by atoms with Crippen molar-refractivity contribution >= 4 is 22.6 Å².